The highest BCUT2D eigenvalue weighted by Crippen LogP contribution is 2.23. The van der Waals surface area contributed by atoms with E-state index in [4.69, 9.17) is 16.0 Å². The number of sulfonamides is 1. The second-order valence-electron chi connectivity index (χ2n) is 6.79. The molecule has 0 radical (unpaired) electrons. The zero-order valence-corrected chi connectivity index (χ0v) is 18.3. The van der Waals surface area contributed by atoms with E-state index in [1.807, 2.05) is 18.2 Å². The van der Waals surface area contributed by atoms with Gasteiger partial charge in [0.1, 0.15) is 5.76 Å². The van der Waals surface area contributed by atoms with Gasteiger partial charge in [-0.2, -0.15) is 0 Å². The van der Waals surface area contributed by atoms with Crippen molar-refractivity contribution in [1.29, 1.82) is 0 Å². The summed E-state index contributed by atoms with van der Waals surface area (Å²) in [5, 5.41) is 0.632. The van der Waals surface area contributed by atoms with Crippen molar-refractivity contribution < 1.29 is 12.8 Å². The summed E-state index contributed by atoms with van der Waals surface area (Å²) in [6.07, 6.45) is 2.88. The van der Waals surface area contributed by atoms with Crippen LogP contribution in [-0.4, -0.2) is 19.5 Å². The summed E-state index contributed by atoms with van der Waals surface area (Å²) in [6.45, 7) is 0.696. The third kappa shape index (κ3) is 4.67. The van der Waals surface area contributed by atoms with Gasteiger partial charge in [0.15, 0.2) is 0 Å². The minimum Gasteiger partial charge on any atom is -0.469 e. The Morgan fingerprint density at radius 1 is 1.10 bits per heavy atom. The lowest BCUT2D eigenvalue weighted by atomic mass is 10.2. The summed E-state index contributed by atoms with van der Waals surface area (Å²) in [5.41, 5.74) is 1.65. The first kappa shape index (κ1) is 20.9. The number of fused-ring (bicyclic) bond motifs is 1. The van der Waals surface area contributed by atoms with Crippen LogP contribution in [0.15, 0.2) is 75.0 Å². The molecule has 1 N–H and O–H groups in total. The van der Waals surface area contributed by atoms with Crippen LogP contribution < -0.4 is 9.60 Å². The van der Waals surface area contributed by atoms with Gasteiger partial charge in [-0.15, -0.1) is 0 Å². The Balaban J connectivity index is 1.50. The van der Waals surface area contributed by atoms with Gasteiger partial charge in [0.2, 0.25) is 10.0 Å². The van der Waals surface area contributed by atoms with E-state index in [0.717, 1.165) is 22.7 Å². The van der Waals surface area contributed by atoms with Crippen LogP contribution in [0.25, 0.3) is 10.2 Å². The highest BCUT2D eigenvalue weighted by Gasteiger charge is 2.16. The van der Waals surface area contributed by atoms with Crippen molar-refractivity contribution in [3.8, 4) is 0 Å². The molecule has 0 fully saturated rings. The molecular formula is C21H19ClN2O4S2. The van der Waals surface area contributed by atoms with Crippen molar-refractivity contribution in [3.63, 3.8) is 0 Å². The number of hydrogen-bond acceptors (Lipinski definition) is 5. The smallest absolute Gasteiger partial charge is 0.308 e. The van der Waals surface area contributed by atoms with Crippen molar-refractivity contribution >= 4 is 43.2 Å². The average Bonchev–Trinajstić information content (AvgIpc) is 3.34. The molecular weight excluding hydrogens is 444 g/mol. The number of halogens is 1. The Labute approximate surface area is 182 Å². The molecule has 0 aliphatic carbocycles. The molecule has 2 aromatic heterocycles. The highest BCUT2D eigenvalue weighted by atomic mass is 35.5. The van der Waals surface area contributed by atoms with Crippen molar-refractivity contribution in [1.82, 2.24) is 9.29 Å². The van der Waals surface area contributed by atoms with Crippen LogP contribution in [0, 0.1) is 0 Å². The standard InChI is InChI=1S/C21H19ClN2O4S2/c22-16-7-5-15(6-8-16)14-24-19-10-9-18(13-20(19)29-21(24)25)30(26,27)23-11-1-3-17-4-2-12-28-17/h2,4-10,12-13,23H,1,3,11,14H2. The molecule has 0 amide bonds. The van der Waals surface area contributed by atoms with E-state index in [1.165, 1.54) is 6.07 Å². The summed E-state index contributed by atoms with van der Waals surface area (Å²) in [7, 11) is -3.66. The zero-order valence-electron chi connectivity index (χ0n) is 15.9. The second-order valence-corrected chi connectivity index (χ2v) is 9.99. The summed E-state index contributed by atoms with van der Waals surface area (Å²) < 4.78 is 35.4. The largest absolute Gasteiger partial charge is 0.469 e. The van der Waals surface area contributed by atoms with Crippen LogP contribution >= 0.6 is 22.9 Å². The topological polar surface area (TPSA) is 81.3 Å². The molecule has 0 aliphatic heterocycles. The first-order valence-corrected chi connectivity index (χ1v) is 12.0. The minimum atomic E-state index is -3.66. The van der Waals surface area contributed by atoms with Gasteiger partial charge in [-0.05, 0) is 54.4 Å². The second kappa shape index (κ2) is 8.77. The molecule has 0 saturated heterocycles. The number of nitrogens with zero attached hydrogens (tertiary/aromatic N) is 1. The van der Waals surface area contributed by atoms with Crippen LogP contribution in [0.3, 0.4) is 0 Å². The van der Waals surface area contributed by atoms with Crippen molar-refractivity contribution in [2.45, 2.75) is 24.3 Å². The van der Waals surface area contributed by atoms with Crippen molar-refractivity contribution in [2.75, 3.05) is 6.54 Å². The molecule has 0 atom stereocenters. The number of aromatic nitrogens is 1. The van der Waals surface area contributed by atoms with E-state index in [9.17, 15) is 13.2 Å². The number of furan rings is 1. The van der Waals surface area contributed by atoms with Crippen LogP contribution in [0.2, 0.25) is 5.02 Å². The third-order valence-electron chi connectivity index (χ3n) is 4.68. The SMILES string of the molecule is O=c1sc2cc(S(=O)(=O)NCCCc3ccco3)ccc2n1Cc1ccc(Cl)cc1. The summed E-state index contributed by atoms with van der Waals surface area (Å²) in [4.78, 5) is 12.5. The number of hydrogen-bond donors (Lipinski definition) is 1. The lowest BCUT2D eigenvalue weighted by Gasteiger charge is -2.08. The van der Waals surface area contributed by atoms with E-state index in [1.54, 1.807) is 41.2 Å². The fourth-order valence-electron chi connectivity index (χ4n) is 3.14. The van der Waals surface area contributed by atoms with E-state index >= 15 is 0 Å². The molecule has 4 rings (SSSR count). The summed E-state index contributed by atoms with van der Waals surface area (Å²) in [6, 6.07) is 15.7. The Morgan fingerprint density at radius 3 is 2.63 bits per heavy atom. The third-order valence-corrected chi connectivity index (χ3v) is 7.33. The van der Waals surface area contributed by atoms with Gasteiger partial charge in [-0.1, -0.05) is 35.1 Å². The highest BCUT2D eigenvalue weighted by molar-refractivity contribution is 7.89. The van der Waals surface area contributed by atoms with Crippen LogP contribution in [0.5, 0.6) is 0 Å². The normalized spacial score (nSPS) is 11.9. The van der Waals surface area contributed by atoms with Gasteiger partial charge in [-0.3, -0.25) is 9.36 Å². The van der Waals surface area contributed by atoms with E-state index in [2.05, 4.69) is 4.72 Å². The Kier molecular flexibility index (Phi) is 6.10. The number of benzene rings is 2. The first-order chi connectivity index (χ1) is 14.4. The predicted octanol–water partition coefficient (Wildman–Crippen LogP) is 4.27. The van der Waals surface area contributed by atoms with Crippen LogP contribution in [0.1, 0.15) is 17.7 Å². The Morgan fingerprint density at radius 2 is 1.90 bits per heavy atom. The molecule has 2 heterocycles. The molecule has 2 aromatic carbocycles. The maximum atomic E-state index is 12.6. The minimum absolute atomic E-state index is 0.138. The van der Waals surface area contributed by atoms with Crippen LogP contribution in [0.4, 0.5) is 0 Å². The Bertz CT molecular complexity index is 1310. The fraction of sp³-hybridized carbons (Fsp3) is 0.190. The van der Waals surface area contributed by atoms with E-state index < -0.39 is 10.0 Å². The quantitative estimate of drug-likeness (QED) is 0.396. The van der Waals surface area contributed by atoms with E-state index in [0.29, 0.717) is 41.2 Å². The van der Waals surface area contributed by atoms with Gasteiger partial charge in [0.05, 0.1) is 27.9 Å². The van der Waals surface area contributed by atoms with E-state index in [-0.39, 0.29) is 9.77 Å². The summed E-state index contributed by atoms with van der Waals surface area (Å²) in [5.74, 6) is 0.822. The average molecular weight is 463 g/mol. The molecule has 9 heteroatoms. The molecule has 4 aromatic rings. The molecule has 0 saturated carbocycles. The number of nitrogens with one attached hydrogen (secondary N) is 1. The van der Waals surface area contributed by atoms with Gasteiger partial charge in [0, 0.05) is 18.0 Å². The molecule has 0 aliphatic rings. The molecule has 156 valence electrons. The molecule has 30 heavy (non-hydrogen) atoms. The summed E-state index contributed by atoms with van der Waals surface area (Å²) >= 11 is 6.95. The van der Waals surface area contributed by atoms with Crippen LogP contribution in [-0.2, 0) is 23.0 Å². The molecule has 0 spiro atoms. The van der Waals surface area contributed by atoms with Gasteiger partial charge in [-0.25, -0.2) is 13.1 Å². The Hall–Kier alpha value is -2.39. The number of thiazole rings is 1. The fourth-order valence-corrected chi connectivity index (χ4v) is 5.37. The molecule has 0 unspecified atom stereocenters. The molecule has 0 bridgehead atoms. The predicted molar refractivity (Wildman–Crippen MR) is 119 cm³/mol. The first-order valence-electron chi connectivity index (χ1n) is 9.32. The lowest BCUT2D eigenvalue weighted by Crippen LogP contribution is -2.25. The number of aryl methyl sites for hydroxylation is 1. The monoisotopic (exact) mass is 462 g/mol. The zero-order chi connectivity index (χ0) is 21.1. The van der Waals surface area contributed by atoms with Gasteiger partial charge < -0.3 is 4.42 Å². The maximum Gasteiger partial charge on any atom is 0.308 e. The van der Waals surface area contributed by atoms with Gasteiger partial charge >= 0.3 is 4.87 Å². The lowest BCUT2D eigenvalue weighted by molar-refractivity contribution is 0.500. The van der Waals surface area contributed by atoms with Crippen molar-refractivity contribution in [2.24, 2.45) is 0 Å². The number of rotatable bonds is 8. The maximum absolute atomic E-state index is 12.6. The van der Waals surface area contributed by atoms with Gasteiger partial charge in [0.25, 0.3) is 0 Å². The molecule has 6 nitrogen and oxygen atoms in total. The van der Waals surface area contributed by atoms with Crippen molar-refractivity contribution in [3.05, 3.63) is 86.9 Å².